The number of nitrogens with two attached hydrogens (primary N) is 1. The molecule has 0 amide bonds. The number of nitrogens with one attached hydrogen (secondary N) is 1. The lowest BCUT2D eigenvalue weighted by molar-refractivity contribution is 0.114. The van der Waals surface area contributed by atoms with Gasteiger partial charge >= 0.3 is 0 Å². The molecule has 0 saturated carbocycles. The average Bonchev–Trinajstić information content (AvgIpc) is 2.46. The molecule has 0 fully saturated rings. The number of hydrogen-bond acceptors (Lipinski definition) is 3. The quantitative estimate of drug-likeness (QED) is 0.318. The molecule has 0 spiro atoms. The van der Waals surface area contributed by atoms with E-state index in [-0.39, 0.29) is 6.04 Å². The van der Waals surface area contributed by atoms with Crippen LogP contribution in [0.4, 0.5) is 0 Å². The van der Waals surface area contributed by atoms with Crippen LogP contribution in [-0.2, 0) is 4.84 Å². The van der Waals surface area contributed by atoms with Gasteiger partial charge in [0.15, 0.2) is 0 Å². The average molecular weight is 219 g/mol. The van der Waals surface area contributed by atoms with Gasteiger partial charge in [-0.15, -0.1) is 6.58 Å². The summed E-state index contributed by atoms with van der Waals surface area (Å²) in [5.41, 5.74) is 9.39. The van der Waals surface area contributed by atoms with E-state index < -0.39 is 0 Å². The Labute approximate surface area is 95.8 Å². The number of aliphatic imine (C=N–C) groups is 1. The predicted molar refractivity (Wildman–Crippen MR) is 66.7 cm³/mol. The summed E-state index contributed by atoms with van der Waals surface area (Å²) >= 11 is 0. The van der Waals surface area contributed by atoms with Crippen molar-refractivity contribution in [1.29, 1.82) is 0 Å². The first kappa shape index (κ1) is 12.3. The summed E-state index contributed by atoms with van der Waals surface area (Å²) in [6.07, 6.45) is 11.9. The van der Waals surface area contributed by atoms with E-state index in [0.717, 1.165) is 5.70 Å². The molecule has 0 bridgehead atoms. The molecule has 4 heteroatoms. The van der Waals surface area contributed by atoms with E-state index in [1.165, 1.54) is 0 Å². The van der Waals surface area contributed by atoms with Crippen LogP contribution in [0, 0.1) is 0 Å². The van der Waals surface area contributed by atoms with Gasteiger partial charge < -0.3 is 5.73 Å². The Hall–Kier alpha value is -1.81. The van der Waals surface area contributed by atoms with Crippen molar-refractivity contribution in [2.45, 2.75) is 12.5 Å². The minimum Gasteiger partial charge on any atom is -0.387 e. The molecule has 0 aromatic rings. The first-order valence-corrected chi connectivity index (χ1v) is 5.05. The van der Waals surface area contributed by atoms with Gasteiger partial charge in [-0.25, -0.2) is 0 Å². The van der Waals surface area contributed by atoms with Crippen molar-refractivity contribution in [1.82, 2.24) is 5.48 Å². The van der Waals surface area contributed by atoms with Crippen molar-refractivity contribution in [2.75, 3.05) is 7.11 Å². The number of hydroxylamine groups is 1. The van der Waals surface area contributed by atoms with Gasteiger partial charge in [0, 0.05) is 6.42 Å². The van der Waals surface area contributed by atoms with E-state index in [4.69, 9.17) is 10.6 Å². The Morgan fingerprint density at radius 1 is 1.62 bits per heavy atom. The Balaban J connectivity index is 2.82. The predicted octanol–water partition coefficient (Wildman–Crippen LogP) is 1.45. The minimum absolute atomic E-state index is 0.144. The number of rotatable bonds is 5. The van der Waals surface area contributed by atoms with Crippen molar-refractivity contribution >= 4 is 5.84 Å². The van der Waals surface area contributed by atoms with Crippen molar-refractivity contribution in [3.63, 3.8) is 0 Å². The number of amidine groups is 1. The fourth-order valence-corrected chi connectivity index (χ4v) is 1.30. The summed E-state index contributed by atoms with van der Waals surface area (Å²) in [6, 6.07) is -0.144. The highest BCUT2D eigenvalue weighted by Crippen LogP contribution is 2.10. The third kappa shape index (κ3) is 3.74. The molecule has 0 saturated heterocycles. The molecular formula is C12H17N3O. The highest BCUT2D eigenvalue weighted by molar-refractivity contribution is 5.82. The summed E-state index contributed by atoms with van der Waals surface area (Å²) in [5.74, 6) is 0.551. The maximum Gasteiger partial charge on any atom is 0.112 e. The van der Waals surface area contributed by atoms with Gasteiger partial charge in [0.1, 0.15) is 6.04 Å². The van der Waals surface area contributed by atoms with Crippen molar-refractivity contribution in [2.24, 2.45) is 10.7 Å². The molecule has 4 nitrogen and oxygen atoms in total. The monoisotopic (exact) mass is 219 g/mol. The van der Waals surface area contributed by atoms with E-state index in [1.807, 2.05) is 30.4 Å². The van der Waals surface area contributed by atoms with Crippen molar-refractivity contribution < 1.29 is 4.84 Å². The topological polar surface area (TPSA) is 59.6 Å². The maximum absolute atomic E-state index is 5.75. The van der Waals surface area contributed by atoms with Crippen LogP contribution in [-0.4, -0.2) is 19.0 Å². The molecule has 0 heterocycles. The first-order chi connectivity index (χ1) is 7.77. The SMILES string of the molecule is C=CCC(N)=NC1C=CC=CC=C1NOC. The number of allylic oxidation sites excluding steroid dienone is 4. The van der Waals surface area contributed by atoms with Gasteiger partial charge in [0.25, 0.3) is 0 Å². The molecule has 0 aromatic heterocycles. The van der Waals surface area contributed by atoms with Crippen LogP contribution >= 0.6 is 0 Å². The minimum atomic E-state index is -0.144. The van der Waals surface area contributed by atoms with Crippen LogP contribution in [0.3, 0.4) is 0 Å². The zero-order valence-corrected chi connectivity index (χ0v) is 9.39. The molecule has 3 N–H and O–H groups in total. The lowest BCUT2D eigenvalue weighted by atomic mass is 10.2. The Morgan fingerprint density at radius 2 is 2.44 bits per heavy atom. The summed E-state index contributed by atoms with van der Waals surface area (Å²) in [4.78, 5) is 9.26. The lowest BCUT2D eigenvalue weighted by Gasteiger charge is -2.13. The normalized spacial score (nSPS) is 20.2. The standard InChI is InChI=1S/C12H17N3O/c1-3-7-12(13)14-10-8-5-4-6-9-11(10)15-16-2/h3-6,8-10,15H,1,7H2,2H3,(H2,13,14). The molecule has 86 valence electrons. The molecule has 1 atom stereocenters. The Bertz CT molecular complexity index is 353. The number of nitrogens with zero attached hydrogens (tertiary/aromatic N) is 1. The number of hydrogen-bond donors (Lipinski definition) is 2. The Morgan fingerprint density at radius 3 is 3.12 bits per heavy atom. The summed E-state index contributed by atoms with van der Waals surface area (Å²) in [6.45, 7) is 3.62. The molecular weight excluding hydrogens is 202 g/mol. The lowest BCUT2D eigenvalue weighted by Crippen LogP contribution is -2.23. The third-order valence-electron chi connectivity index (χ3n) is 1.99. The van der Waals surface area contributed by atoms with Gasteiger partial charge in [-0.1, -0.05) is 30.4 Å². The fourth-order valence-electron chi connectivity index (χ4n) is 1.30. The maximum atomic E-state index is 5.75. The largest absolute Gasteiger partial charge is 0.387 e. The second-order valence-electron chi connectivity index (χ2n) is 3.26. The fraction of sp³-hybridized carbons (Fsp3) is 0.250. The second kappa shape index (κ2) is 6.63. The highest BCUT2D eigenvalue weighted by Gasteiger charge is 2.10. The smallest absolute Gasteiger partial charge is 0.112 e. The zero-order chi connectivity index (χ0) is 11.8. The second-order valence-corrected chi connectivity index (χ2v) is 3.26. The van der Waals surface area contributed by atoms with Crippen LogP contribution in [0.5, 0.6) is 0 Å². The van der Waals surface area contributed by atoms with Crippen LogP contribution in [0.1, 0.15) is 6.42 Å². The highest BCUT2D eigenvalue weighted by atomic mass is 16.6. The van der Waals surface area contributed by atoms with E-state index >= 15 is 0 Å². The zero-order valence-electron chi connectivity index (χ0n) is 9.39. The molecule has 16 heavy (non-hydrogen) atoms. The van der Waals surface area contributed by atoms with Crippen LogP contribution in [0.25, 0.3) is 0 Å². The van der Waals surface area contributed by atoms with Crippen molar-refractivity contribution in [3.8, 4) is 0 Å². The van der Waals surface area contributed by atoms with Gasteiger partial charge in [0.2, 0.25) is 0 Å². The third-order valence-corrected chi connectivity index (χ3v) is 1.99. The van der Waals surface area contributed by atoms with E-state index in [9.17, 15) is 0 Å². The molecule has 1 unspecified atom stereocenters. The van der Waals surface area contributed by atoms with Gasteiger partial charge in [0.05, 0.1) is 18.6 Å². The molecule has 1 rings (SSSR count). The van der Waals surface area contributed by atoms with Crippen LogP contribution in [0.15, 0.2) is 53.7 Å². The van der Waals surface area contributed by atoms with Crippen LogP contribution in [0.2, 0.25) is 0 Å². The van der Waals surface area contributed by atoms with Gasteiger partial charge in [-0.2, -0.15) is 0 Å². The molecule has 1 aliphatic carbocycles. The molecule has 0 aliphatic heterocycles. The van der Waals surface area contributed by atoms with E-state index in [1.54, 1.807) is 13.2 Å². The molecule has 1 aliphatic rings. The molecule has 0 radical (unpaired) electrons. The van der Waals surface area contributed by atoms with Crippen LogP contribution < -0.4 is 11.2 Å². The molecule has 0 aromatic carbocycles. The summed E-state index contributed by atoms with van der Waals surface area (Å²) < 4.78 is 0. The summed E-state index contributed by atoms with van der Waals surface area (Å²) in [5, 5.41) is 0. The first-order valence-electron chi connectivity index (χ1n) is 5.05. The Kier molecular flexibility index (Phi) is 5.08. The van der Waals surface area contributed by atoms with E-state index in [2.05, 4.69) is 17.1 Å². The van der Waals surface area contributed by atoms with E-state index in [0.29, 0.717) is 12.3 Å². The van der Waals surface area contributed by atoms with Crippen molar-refractivity contribution in [3.05, 3.63) is 48.7 Å². The summed E-state index contributed by atoms with van der Waals surface area (Å²) in [7, 11) is 1.56. The van der Waals surface area contributed by atoms with Gasteiger partial charge in [-0.3, -0.25) is 15.3 Å². The van der Waals surface area contributed by atoms with Gasteiger partial charge in [-0.05, 0) is 6.08 Å².